The fourth-order valence-electron chi connectivity index (χ4n) is 3.51. The molecule has 0 atom stereocenters. The van der Waals surface area contributed by atoms with Crippen LogP contribution in [-0.4, -0.2) is 22.6 Å². The summed E-state index contributed by atoms with van der Waals surface area (Å²) < 4.78 is 1.05. The standard InChI is InChI=1S/C15H32N/c1-11(2)10-15(9)16(12(3)4,13(5)6)14(7)8/h11-14H,9-10H2,1-8H3/q+1. The predicted octanol–water partition coefficient (Wildman–Crippen LogP) is 4.59. The molecule has 0 fully saturated rings. The van der Waals surface area contributed by atoms with Crippen molar-refractivity contribution in [2.45, 2.75) is 79.9 Å². The van der Waals surface area contributed by atoms with Crippen molar-refractivity contribution in [1.82, 2.24) is 0 Å². The van der Waals surface area contributed by atoms with Gasteiger partial charge in [0.1, 0.15) is 5.70 Å². The Labute approximate surface area is 103 Å². The van der Waals surface area contributed by atoms with Gasteiger partial charge >= 0.3 is 0 Å². The van der Waals surface area contributed by atoms with Gasteiger partial charge < -0.3 is 0 Å². The van der Waals surface area contributed by atoms with Crippen LogP contribution in [0.25, 0.3) is 0 Å². The van der Waals surface area contributed by atoms with Crippen molar-refractivity contribution in [2.75, 3.05) is 0 Å². The lowest BCUT2D eigenvalue weighted by molar-refractivity contribution is -0.952. The molecule has 0 saturated heterocycles. The molecular weight excluding hydrogens is 194 g/mol. The van der Waals surface area contributed by atoms with Crippen LogP contribution in [0.2, 0.25) is 0 Å². The van der Waals surface area contributed by atoms with Gasteiger partial charge in [0.2, 0.25) is 0 Å². The third-order valence-corrected chi connectivity index (χ3v) is 3.76. The van der Waals surface area contributed by atoms with Gasteiger partial charge in [0.05, 0.1) is 18.1 Å². The molecule has 1 heteroatoms. The number of hydrogen-bond donors (Lipinski definition) is 0. The smallest absolute Gasteiger partial charge is 0.102 e. The van der Waals surface area contributed by atoms with Crippen LogP contribution in [0.15, 0.2) is 12.3 Å². The van der Waals surface area contributed by atoms with Gasteiger partial charge in [-0.2, -0.15) is 0 Å². The Morgan fingerprint density at radius 3 is 1.31 bits per heavy atom. The normalized spacial score (nSPS) is 13.2. The fourth-order valence-corrected chi connectivity index (χ4v) is 3.51. The summed E-state index contributed by atoms with van der Waals surface area (Å²) in [6, 6.07) is 1.81. The van der Waals surface area contributed by atoms with Gasteiger partial charge in [-0.25, -0.2) is 0 Å². The molecule has 0 saturated carbocycles. The molecule has 0 N–H and O–H groups in total. The van der Waals surface area contributed by atoms with Crippen molar-refractivity contribution in [3.63, 3.8) is 0 Å². The van der Waals surface area contributed by atoms with Gasteiger partial charge in [0, 0.05) is 6.42 Å². The maximum atomic E-state index is 4.40. The van der Waals surface area contributed by atoms with Gasteiger partial charge in [-0.05, 0) is 54.0 Å². The van der Waals surface area contributed by atoms with Crippen molar-refractivity contribution >= 4 is 0 Å². The number of allylic oxidation sites excluding steroid dienone is 1. The monoisotopic (exact) mass is 226 g/mol. The molecule has 0 spiro atoms. The zero-order valence-electron chi connectivity index (χ0n) is 12.7. The van der Waals surface area contributed by atoms with Crippen molar-refractivity contribution in [1.29, 1.82) is 0 Å². The summed E-state index contributed by atoms with van der Waals surface area (Å²) in [6.45, 7) is 22.9. The molecule has 0 heterocycles. The number of rotatable bonds is 6. The van der Waals surface area contributed by atoms with E-state index in [4.69, 9.17) is 0 Å². The largest absolute Gasteiger partial charge is 0.289 e. The lowest BCUT2D eigenvalue weighted by Gasteiger charge is -2.50. The summed E-state index contributed by atoms with van der Waals surface area (Å²) in [5, 5.41) is 0. The van der Waals surface area contributed by atoms with E-state index in [-0.39, 0.29) is 0 Å². The molecule has 0 aromatic rings. The van der Waals surface area contributed by atoms with E-state index in [2.05, 4.69) is 62.0 Å². The highest BCUT2D eigenvalue weighted by atomic mass is 15.4. The minimum absolute atomic E-state index is 0.603. The lowest BCUT2D eigenvalue weighted by Crippen LogP contribution is -2.60. The molecule has 0 aliphatic carbocycles. The second-order valence-electron chi connectivity index (χ2n) is 6.28. The zero-order valence-corrected chi connectivity index (χ0v) is 12.7. The average molecular weight is 226 g/mol. The number of quaternary nitrogens is 1. The van der Waals surface area contributed by atoms with E-state index in [1.807, 2.05) is 0 Å². The summed E-state index contributed by atoms with van der Waals surface area (Å²) >= 11 is 0. The van der Waals surface area contributed by atoms with E-state index in [9.17, 15) is 0 Å². The molecule has 0 aliphatic heterocycles. The summed E-state index contributed by atoms with van der Waals surface area (Å²) in [5.74, 6) is 0.696. The Morgan fingerprint density at radius 1 is 0.812 bits per heavy atom. The molecule has 1 nitrogen and oxygen atoms in total. The van der Waals surface area contributed by atoms with E-state index < -0.39 is 0 Å². The van der Waals surface area contributed by atoms with Gasteiger partial charge in [-0.3, -0.25) is 4.48 Å². The highest BCUT2D eigenvalue weighted by Crippen LogP contribution is 2.33. The first-order valence-electron chi connectivity index (χ1n) is 6.73. The highest BCUT2D eigenvalue weighted by Gasteiger charge is 2.41. The Hall–Kier alpha value is -0.300. The third-order valence-electron chi connectivity index (χ3n) is 3.76. The van der Waals surface area contributed by atoms with Crippen LogP contribution in [0, 0.1) is 5.92 Å². The van der Waals surface area contributed by atoms with Crippen LogP contribution in [-0.2, 0) is 0 Å². The van der Waals surface area contributed by atoms with Crippen molar-refractivity contribution in [3.05, 3.63) is 12.3 Å². The zero-order chi connectivity index (χ0) is 13.1. The van der Waals surface area contributed by atoms with E-state index in [1.165, 1.54) is 5.70 Å². The Kier molecular flexibility index (Phi) is 5.75. The summed E-state index contributed by atoms with van der Waals surface area (Å²) in [4.78, 5) is 0. The molecule has 0 unspecified atom stereocenters. The van der Waals surface area contributed by atoms with Gasteiger partial charge in [0.25, 0.3) is 0 Å². The number of hydrogen-bond acceptors (Lipinski definition) is 0. The molecule has 0 aromatic heterocycles. The molecule has 0 radical (unpaired) electrons. The Bertz CT molecular complexity index is 202. The molecular formula is C15H32N+. The first-order valence-corrected chi connectivity index (χ1v) is 6.73. The Balaban J connectivity index is 5.27. The van der Waals surface area contributed by atoms with Gasteiger partial charge in [0.15, 0.2) is 0 Å². The highest BCUT2D eigenvalue weighted by molar-refractivity contribution is 4.89. The van der Waals surface area contributed by atoms with Crippen molar-refractivity contribution in [2.24, 2.45) is 5.92 Å². The molecule has 96 valence electrons. The van der Waals surface area contributed by atoms with Crippen LogP contribution < -0.4 is 0 Å². The molecule has 0 bridgehead atoms. The minimum Gasteiger partial charge on any atom is -0.289 e. The number of nitrogens with zero attached hydrogens (tertiary/aromatic N) is 1. The first-order chi connectivity index (χ1) is 7.17. The quantitative estimate of drug-likeness (QED) is 0.581. The lowest BCUT2D eigenvalue weighted by atomic mass is 9.98. The van der Waals surface area contributed by atoms with E-state index >= 15 is 0 Å². The maximum absolute atomic E-state index is 4.40. The van der Waals surface area contributed by atoms with Crippen molar-refractivity contribution in [3.8, 4) is 0 Å². The summed E-state index contributed by atoms with van der Waals surface area (Å²) in [7, 11) is 0. The van der Waals surface area contributed by atoms with Gasteiger partial charge in [-0.15, -0.1) is 0 Å². The Morgan fingerprint density at radius 2 is 1.12 bits per heavy atom. The maximum Gasteiger partial charge on any atom is 0.102 e. The first kappa shape index (κ1) is 15.7. The topological polar surface area (TPSA) is 0 Å². The molecule has 16 heavy (non-hydrogen) atoms. The van der Waals surface area contributed by atoms with Gasteiger partial charge in [-0.1, -0.05) is 13.8 Å². The van der Waals surface area contributed by atoms with E-state index in [1.54, 1.807) is 0 Å². The van der Waals surface area contributed by atoms with Crippen molar-refractivity contribution < 1.29 is 4.48 Å². The minimum atomic E-state index is 0.603. The summed E-state index contributed by atoms with van der Waals surface area (Å²) in [6.07, 6.45) is 1.13. The summed E-state index contributed by atoms with van der Waals surface area (Å²) in [5.41, 5.74) is 1.40. The van der Waals surface area contributed by atoms with Crippen LogP contribution >= 0.6 is 0 Å². The SMILES string of the molecule is C=C(CC(C)C)[N+](C(C)C)(C(C)C)C(C)C. The fraction of sp³-hybridized carbons (Fsp3) is 0.867. The van der Waals surface area contributed by atoms with E-state index in [0.717, 1.165) is 10.9 Å². The second kappa shape index (κ2) is 5.86. The average Bonchev–Trinajstić information content (AvgIpc) is 1.99. The second-order valence-corrected chi connectivity index (χ2v) is 6.28. The van der Waals surface area contributed by atoms with Crippen LogP contribution in [0.3, 0.4) is 0 Å². The molecule has 0 aliphatic rings. The van der Waals surface area contributed by atoms with Crippen LogP contribution in [0.4, 0.5) is 0 Å². The van der Waals surface area contributed by atoms with E-state index in [0.29, 0.717) is 24.0 Å². The molecule has 0 aromatic carbocycles. The van der Waals surface area contributed by atoms with Crippen LogP contribution in [0.1, 0.15) is 61.8 Å². The molecule has 0 amide bonds. The predicted molar refractivity (Wildman–Crippen MR) is 74.3 cm³/mol. The third kappa shape index (κ3) is 2.88. The van der Waals surface area contributed by atoms with Crippen LogP contribution in [0.5, 0.6) is 0 Å². The molecule has 0 rings (SSSR count).